The fourth-order valence-electron chi connectivity index (χ4n) is 3.65. The normalized spacial score (nSPS) is 20.3. The number of aryl methyl sites for hydroxylation is 1. The zero-order valence-electron chi connectivity index (χ0n) is 15.5. The summed E-state index contributed by atoms with van der Waals surface area (Å²) in [5, 5.41) is 0. The van der Waals surface area contributed by atoms with Crippen molar-refractivity contribution in [2.45, 2.75) is 18.9 Å². The molecule has 27 heavy (non-hydrogen) atoms. The number of amides is 1. The van der Waals surface area contributed by atoms with Gasteiger partial charge in [0.1, 0.15) is 17.1 Å². The van der Waals surface area contributed by atoms with E-state index in [1.165, 1.54) is 0 Å². The van der Waals surface area contributed by atoms with Gasteiger partial charge in [0.15, 0.2) is 6.61 Å². The summed E-state index contributed by atoms with van der Waals surface area (Å²) in [6.07, 6.45) is 4.38. The number of nitrogens with zero attached hydrogens (tertiary/aromatic N) is 2. The van der Waals surface area contributed by atoms with Gasteiger partial charge >= 0.3 is 0 Å². The topological polar surface area (TPSA) is 60.9 Å². The summed E-state index contributed by atoms with van der Waals surface area (Å²) in [6, 6.07) is 11.5. The number of carbonyl (C=O) groups excluding carboxylic acids is 1. The third kappa shape index (κ3) is 3.90. The molecule has 1 atom stereocenters. The van der Waals surface area contributed by atoms with Gasteiger partial charge in [0.05, 0.1) is 25.9 Å². The smallest absolute Gasteiger partial charge is 0.260 e. The first-order valence-electron chi connectivity index (χ1n) is 9.29. The Labute approximate surface area is 159 Å². The highest BCUT2D eigenvalue weighted by Crippen LogP contribution is 2.40. The van der Waals surface area contributed by atoms with Crippen LogP contribution in [0.5, 0.6) is 11.5 Å². The first-order valence-corrected chi connectivity index (χ1v) is 9.29. The van der Waals surface area contributed by atoms with Crippen LogP contribution in [0.1, 0.15) is 12.0 Å². The molecule has 2 aliphatic rings. The molecule has 142 valence electrons. The van der Waals surface area contributed by atoms with Crippen molar-refractivity contribution in [1.82, 2.24) is 9.88 Å². The number of benzene rings is 1. The quantitative estimate of drug-likeness (QED) is 0.784. The van der Waals surface area contributed by atoms with Crippen LogP contribution in [0.25, 0.3) is 0 Å². The van der Waals surface area contributed by atoms with Crippen molar-refractivity contribution in [3.05, 3.63) is 54.4 Å². The lowest BCUT2D eigenvalue weighted by Gasteiger charge is -2.49. The van der Waals surface area contributed by atoms with Gasteiger partial charge in [0.2, 0.25) is 0 Å². The summed E-state index contributed by atoms with van der Waals surface area (Å²) < 4.78 is 17.5. The van der Waals surface area contributed by atoms with Gasteiger partial charge in [-0.1, -0.05) is 17.7 Å². The second kappa shape index (κ2) is 7.56. The molecule has 1 amide bonds. The molecule has 2 aliphatic heterocycles. The lowest BCUT2D eigenvalue weighted by molar-refractivity contribution is -0.168. The number of likely N-dealkylation sites (tertiary alicyclic amines) is 1. The fraction of sp³-hybridized carbons (Fsp3) is 0.429. The van der Waals surface area contributed by atoms with E-state index >= 15 is 0 Å². The van der Waals surface area contributed by atoms with Gasteiger partial charge in [0, 0.05) is 18.7 Å². The van der Waals surface area contributed by atoms with Gasteiger partial charge in [-0.2, -0.15) is 0 Å². The molecule has 0 N–H and O–H groups in total. The van der Waals surface area contributed by atoms with E-state index in [-0.39, 0.29) is 24.0 Å². The Morgan fingerprint density at radius 2 is 2.04 bits per heavy atom. The fourth-order valence-corrected chi connectivity index (χ4v) is 3.65. The largest absolute Gasteiger partial charge is 0.492 e. The molecule has 0 aliphatic carbocycles. The van der Waals surface area contributed by atoms with Crippen LogP contribution in [0.2, 0.25) is 0 Å². The molecule has 2 saturated heterocycles. The second-order valence-electron chi connectivity index (χ2n) is 7.25. The summed E-state index contributed by atoms with van der Waals surface area (Å²) in [5.41, 5.74) is 0.887. The van der Waals surface area contributed by atoms with Crippen molar-refractivity contribution in [2.24, 2.45) is 5.92 Å². The van der Waals surface area contributed by atoms with E-state index in [2.05, 4.69) is 4.98 Å². The highest BCUT2D eigenvalue weighted by molar-refractivity contribution is 5.79. The van der Waals surface area contributed by atoms with E-state index in [0.717, 1.165) is 17.7 Å². The SMILES string of the molecule is Cc1ccc(OCC(=O)N2CC3(C2)OCC[C@@H]3COc2cccnc2)cc1. The molecule has 0 saturated carbocycles. The Bertz CT molecular complexity index is 773. The highest BCUT2D eigenvalue weighted by Gasteiger charge is 2.54. The summed E-state index contributed by atoms with van der Waals surface area (Å²) in [4.78, 5) is 18.3. The molecule has 3 heterocycles. The first-order chi connectivity index (χ1) is 13.1. The molecule has 2 fully saturated rings. The van der Waals surface area contributed by atoms with E-state index in [0.29, 0.717) is 32.1 Å². The van der Waals surface area contributed by atoms with E-state index in [1.54, 1.807) is 17.3 Å². The van der Waals surface area contributed by atoms with Gasteiger partial charge in [-0.3, -0.25) is 9.78 Å². The van der Waals surface area contributed by atoms with E-state index in [9.17, 15) is 4.79 Å². The molecule has 4 rings (SSSR count). The second-order valence-corrected chi connectivity index (χ2v) is 7.25. The van der Waals surface area contributed by atoms with Crippen molar-refractivity contribution in [2.75, 3.05) is 32.9 Å². The number of pyridine rings is 1. The zero-order chi connectivity index (χ0) is 18.7. The molecular weight excluding hydrogens is 344 g/mol. The maximum Gasteiger partial charge on any atom is 0.260 e. The zero-order valence-corrected chi connectivity index (χ0v) is 15.5. The number of carbonyl (C=O) groups is 1. The molecule has 0 radical (unpaired) electrons. The summed E-state index contributed by atoms with van der Waals surface area (Å²) >= 11 is 0. The number of hydrogen-bond donors (Lipinski definition) is 0. The van der Waals surface area contributed by atoms with Gasteiger partial charge in [-0.15, -0.1) is 0 Å². The Morgan fingerprint density at radius 3 is 2.78 bits per heavy atom. The van der Waals surface area contributed by atoms with Crippen LogP contribution in [0.15, 0.2) is 48.8 Å². The number of aromatic nitrogens is 1. The van der Waals surface area contributed by atoms with E-state index in [4.69, 9.17) is 14.2 Å². The van der Waals surface area contributed by atoms with Crippen molar-refractivity contribution < 1.29 is 19.0 Å². The predicted octanol–water partition coefficient (Wildman–Crippen LogP) is 2.47. The predicted molar refractivity (Wildman–Crippen MR) is 99.8 cm³/mol. The Kier molecular flexibility index (Phi) is 4.99. The average Bonchev–Trinajstić information content (AvgIpc) is 3.09. The van der Waals surface area contributed by atoms with Crippen molar-refractivity contribution >= 4 is 5.91 Å². The number of hydrogen-bond acceptors (Lipinski definition) is 5. The molecule has 1 aromatic carbocycles. The summed E-state index contributed by atoms with van der Waals surface area (Å²) in [7, 11) is 0. The summed E-state index contributed by atoms with van der Waals surface area (Å²) in [6.45, 7) is 4.56. The minimum absolute atomic E-state index is 0.0105. The Morgan fingerprint density at radius 1 is 1.22 bits per heavy atom. The lowest BCUT2D eigenvalue weighted by Crippen LogP contribution is -2.67. The highest BCUT2D eigenvalue weighted by atomic mass is 16.5. The molecule has 6 nitrogen and oxygen atoms in total. The van der Waals surface area contributed by atoms with Crippen LogP contribution in [-0.4, -0.2) is 54.3 Å². The molecular formula is C21H24N2O4. The van der Waals surface area contributed by atoms with E-state index in [1.807, 2.05) is 43.3 Å². The minimum atomic E-state index is -0.276. The van der Waals surface area contributed by atoms with Crippen LogP contribution in [0.4, 0.5) is 0 Å². The van der Waals surface area contributed by atoms with Crippen LogP contribution < -0.4 is 9.47 Å². The first kappa shape index (κ1) is 17.8. The van der Waals surface area contributed by atoms with Crippen molar-refractivity contribution in [1.29, 1.82) is 0 Å². The Hall–Kier alpha value is -2.60. The van der Waals surface area contributed by atoms with Crippen LogP contribution >= 0.6 is 0 Å². The van der Waals surface area contributed by atoms with Gasteiger partial charge < -0.3 is 19.1 Å². The molecule has 0 bridgehead atoms. The van der Waals surface area contributed by atoms with Gasteiger partial charge in [0.25, 0.3) is 5.91 Å². The molecule has 0 unspecified atom stereocenters. The van der Waals surface area contributed by atoms with Gasteiger partial charge in [-0.25, -0.2) is 0 Å². The van der Waals surface area contributed by atoms with Crippen LogP contribution in [0, 0.1) is 12.8 Å². The summed E-state index contributed by atoms with van der Waals surface area (Å²) in [5.74, 6) is 1.74. The van der Waals surface area contributed by atoms with E-state index < -0.39 is 0 Å². The molecule has 6 heteroatoms. The molecule has 1 spiro atoms. The number of rotatable bonds is 6. The minimum Gasteiger partial charge on any atom is -0.492 e. The number of ether oxygens (including phenoxy) is 3. The van der Waals surface area contributed by atoms with Crippen molar-refractivity contribution in [3.8, 4) is 11.5 Å². The van der Waals surface area contributed by atoms with Gasteiger partial charge in [-0.05, 0) is 37.6 Å². The third-order valence-electron chi connectivity index (χ3n) is 5.34. The van der Waals surface area contributed by atoms with Crippen LogP contribution in [0.3, 0.4) is 0 Å². The maximum absolute atomic E-state index is 12.4. The molecule has 1 aromatic heterocycles. The Balaban J connectivity index is 1.26. The third-order valence-corrected chi connectivity index (χ3v) is 5.34. The van der Waals surface area contributed by atoms with Crippen molar-refractivity contribution in [3.63, 3.8) is 0 Å². The standard InChI is InChI=1S/C21H24N2O4/c1-16-4-6-18(7-5-16)26-13-20(24)23-14-21(15-23)17(8-10-27-21)12-25-19-3-2-9-22-11-19/h2-7,9,11,17H,8,10,12-15H2,1H3/t17-/m1/s1. The van der Waals surface area contributed by atoms with Crippen LogP contribution in [-0.2, 0) is 9.53 Å². The molecule has 2 aromatic rings. The maximum atomic E-state index is 12.4. The lowest BCUT2D eigenvalue weighted by atomic mass is 9.81. The average molecular weight is 368 g/mol. The monoisotopic (exact) mass is 368 g/mol.